The normalized spacial score (nSPS) is 14.5. The van der Waals surface area contributed by atoms with Crippen LogP contribution in [0.3, 0.4) is 0 Å². The summed E-state index contributed by atoms with van der Waals surface area (Å²) in [5.41, 5.74) is 3.47. The molecule has 0 fully saturated rings. The van der Waals surface area contributed by atoms with Crippen molar-refractivity contribution in [2.75, 3.05) is 24.7 Å². The van der Waals surface area contributed by atoms with Crippen LogP contribution in [0.5, 0.6) is 5.75 Å². The van der Waals surface area contributed by atoms with Gasteiger partial charge in [-0.1, -0.05) is 30.3 Å². The molecule has 0 N–H and O–H groups in total. The number of para-hydroxylation sites is 1. The van der Waals surface area contributed by atoms with Gasteiger partial charge >= 0.3 is 5.97 Å². The first kappa shape index (κ1) is 17.7. The first-order valence-corrected chi connectivity index (χ1v) is 8.65. The first-order chi connectivity index (χ1) is 12.6. The van der Waals surface area contributed by atoms with E-state index in [-0.39, 0.29) is 12.5 Å². The van der Waals surface area contributed by atoms with Crippen LogP contribution in [0.1, 0.15) is 25.0 Å². The summed E-state index contributed by atoms with van der Waals surface area (Å²) in [6.45, 7) is 4.56. The second kappa shape index (κ2) is 7.87. The molecular weight excluding hydrogens is 330 g/mol. The van der Waals surface area contributed by atoms with Crippen molar-refractivity contribution in [3.05, 3.63) is 59.7 Å². The third-order valence-electron chi connectivity index (χ3n) is 4.13. The van der Waals surface area contributed by atoms with Gasteiger partial charge in [-0.25, -0.2) is 4.79 Å². The summed E-state index contributed by atoms with van der Waals surface area (Å²) in [4.78, 5) is 25.8. The molecular formula is C21H21NO4. The maximum Gasteiger partial charge on any atom is 0.344 e. The molecule has 2 aromatic carbocycles. The number of benzene rings is 2. The first-order valence-electron chi connectivity index (χ1n) is 8.65. The smallest absolute Gasteiger partial charge is 0.344 e. The summed E-state index contributed by atoms with van der Waals surface area (Å²) in [6, 6.07) is 15.1. The monoisotopic (exact) mass is 351 g/mol. The Kier molecular flexibility index (Phi) is 5.37. The number of hydrogen-bond acceptors (Lipinski definition) is 4. The minimum atomic E-state index is -0.397. The number of carbonyl (C=O) groups is 2. The molecule has 0 saturated carbocycles. The lowest BCUT2D eigenvalue weighted by Gasteiger charge is -2.13. The SMILES string of the molecule is CCOC(=O)COc1ccc(/C=C2\C(=O)N(CC)c3ccccc32)cc1. The van der Waals surface area contributed by atoms with Gasteiger partial charge in [0.2, 0.25) is 0 Å². The van der Waals surface area contributed by atoms with Crippen molar-refractivity contribution in [2.24, 2.45) is 0 Å². The lowest BCUT2D eigenvalue weighted by molar-refractivity contribution is -0.145. The number of esters is 1. The third kappa shape index (κ3) is 3.61. The molecule has 1 aliphatic rings. The van der Waals surface area contributed by atoms with Crippen molar-refractivity contribution in [1.82, 2.24) is 0 Å². The Balaban J connectivity index is 1.78. The number of anilines is 1. The van der Waals surface area contributed by atoms with Crippen LogP contribution in [0.4, 0.5) is 5.69 Å². The topological polar surface area (TPSA) is 55.8 Å². The van der Waals surface area contributed by atoms with Gasteiger partial charge in [-0.2, -0.15) is 0 Å². The van der Waals surface area contributed by atoms with Gasteiger partial charge in [0.1, 0.15) is 5.75 Å². The number of hydrogen-bond donors (Lipinski definition) is 0. The van der Waals surface area contributed by atoms with E-state index in [0.717, 1.165) is 16.8 Å². The number of fused-ring (bicyclic) bond motifs is 1. The molecule has 3 rings (SSSR count). The molecule has 0 aliphatic carbocycles. The van der Waals surface area contributed by atoms with E-state index in [9.17, 15) is 9.59 Å². The van der Waals surface area contributed by atoms with Crippen LogP contribution in [0.2, 0.25) is 0 Å². The quantitative estimate of drug-likeness (QED) is 0.590. The van der Waals surface area contributed by atoms with Crippen LogP contribution in [0, 0.1) is 0 Å². The second-order valence-corrected chi connectivity index (χ2v) is 5.79. The molecule has 1 amide bonds. The van der Waals surface area contributed by atoms with Gasteiger partial charge in [-0.15, -0.1) is 0 Å². The minimum absolute atomic E-state index is 0.0105. The third-order valence-corrected chi connectivity index (χ3v) is 4.13. The maximum atomic E-state index is 12.7. The lowest BCUT2D eigenvalue weighted by Crippen LogP contribution is -2.25. The van der Waals surface area contributed by atoms with Gasteiger partial charge in [0.05, 0.1) is 12.3 Å². The zero-order chi connectivity index (χ0) is 18.5. The van der Waals surface area contributed by atoms with Crippen molar-refractivity contribution in [1.29, 1.82) is 0 Å². The molecule has 0 aromatic heterocycles. The van der Waals surface area contributed by atoms with Crippen molar-refractivity contribution in [2.45, 2.75) is 13.8 Å². The fourth-order valence-electron chi connectivity index (χ4n) is 2.93. The summed E-state index contributed by atoms with van der Waals surface area (Å²) >= 11 is 0. The molecule has 0 spiro atoms. The van der Waals surface area contributed by atoms with E-state index < -0.39 is 5.97 Å². The predicted molar refractivity (Wildman–Crippen MR) is 101 cm³/mol. The van der Waals surface area contributed by atoms with Crippen molar-refractivity contribution < 1.29 is 19.1 Å². The van der Waals surface area contributed by atoms with E-state index in [2.05, 4.69) is 0 Å². The van der Waals surface area contributed by atoms with Crippen LogP contribution in [-0.4, -0.2) is 31.6 Å². The highest BCUT2D eigenvalue weighted by Crippen LogP contribution is 2.37. The van der Waals surface area contributed by atoms with Crippen LogP contribution in [-0.2, 0) is 14.3 Å². The molecule has 0 radical (unpaired) electrons. The van der Waals surface area contributed by atoms with E-state index >= 15 is 0 Å². The van der Waals surface area contributed by atoms with Gasteiger partial charge in [-0.05, 0) is 43.7 Å². The number of ether oxygens (including phenoxy) is 2. The van der Waals surface area contributed by atoms with E-state index in [1.807, 2.05) is 49.4 Å². The Hall–Kier alpha value is -3.08. The van der Waals surface area contributed by atoms with Crippen molar-refractivity contribution >= 4 is 29.2 Å². The predicted octanol–water partition coefficient (Wildman–Crippen LogP) is 3.54. The molecule has 26 heavy (non-hydrogen) atoms. The minimum Gasteiger partial charge on any atom is -0.482 e. The number of likely N-dealkylation sites (N-methyl/N-ethyl adjacent to an activating group) is 1. The highest BCUT2D eigenvalue weighted by molar-refractivity contribution is 6.35. The summed E-state index contributed by atoms with van der Waals surface area (Å²) in [5.74, 6) is 0.191. The van der Waals surface area contributed by atoms with Crippen LogP contribution in [0.25, 0.3) is 11.6 Å². The second-order valence-electron chi connectivity index (χ2n) is 5.79. The molecule has 134 valence electrons. The highest BCUT2D eigenvalue weighted by Gasteiger charge is 2.30. The van der Waals surface area contributed by atoms with Crippen LogP contribution >= 0.6 is 0 Å². The zero-order valence-electron chi connectivity index (χ0n) is 14.9. The van der Waals surface area contributed by atoms with E-state index in [1.165, 1.54) is 0 Å². The van der Waals surface area contributed by atoms with Gasteiger partial charge in [0.15, 0.2) is 6.61 Å². The average molecular weight is 351 g/mol. The summed E-state index contributed by atoms with van der Waals surface area (Å²) in [5, 5.41) is 0. The van der Waals surface area contributed by atoms with Gasteiger partial charge in [-0.3, -0.25) is 4.79 Å². The summed E-state index contributed by atoms with van der Waals surface area (Å²) in [7, 11) is 0. The number of amides is 1. The standard InChI is InChI=1S/C21H21NO4/c1-3-22-19-8-6-5-7-17(19)18(21(22)24)13-15-9-11-16(12-10-15)26-14-20(23)25-4-2/h5-13H,3-4,14H2,1-2H3/b18-13-. The Bertz CT molecular complexity index is 839. The molecule has 1 heterocycles. The molecule has 2 aromatic rings. The molecule has 0 saturated heterocycles. The van der Waals surface area contributed by atoms with E-state index in [1.54, 1.807) is 24.0 Å². The maximum absolute atomic E-state index is 12.7. The number of rotatable bonds is 6. The van der Waals surface area contributed by atoms with Crippen LogP contribution < -0.4 is 9.64 Å². The molecule has 5 heteroatoms. The van der Waals surface area contributed by atoms with Gasteiger partial charge in [0.25, 0.3) is 5.91 Å². The van der Waals surface area contributed by atoms with Crippen LogP contribution in [0.15, 0.2) is 48.5 Å². The Morgan fingerprint density at radius 2 is 1.81 bits per heavy atom. The number of carbonyl (C=O) groups excluding carboxylic acids is 2. The molecule has 5 nitrogen and oxygen atoms in total. The molecule has 0 bridgehead atoms. The molecule has 0 atom stereocenters. The summed E-state index contributed by atoms with van der Waals surface area (Å²) < 4.78 is 10.2. The average Bonchev–Trinajstić information content (AvgIpc) is 2.93. The zero-order valence-corrected chi connectivity index (χ0v) is 14.9. The van der Waals surface area contributed by atoms with E-state index in [4.69, 9.17) is 9.47 Å². The Morgan fingerprint density at radius 1 is 1.08 bits per heavy atom. The fraction of sp³-hybridized carbons (Fsp3) is 0.238. The van der Waals surface area contributed by atoms with Crippen molar-refractivity contribution in [3.63, 3.8) is 0 Å². The Morgan fingerprint density at radius 3 is 2.50 bits per heavy atom. The summed E-state index contributed by atoms with van der Waals surface area (Å²) in [6.07, 6.45) is 1.88. The van der Waals surface area contributed by atoms with Crippen molar-refractivity contribution in [3.8, 4) is 5.75 Å². The largest absolute Gasteiger partial charge is 0.482 e. The molecule has 0 unspecified atom stereocenters. The lowest BCUT2D eigenvalue weighted by atomic mass is 10.0. The number of nitrogens with zero attached hydrogens (tertiary/aromatic N) is 1. The fourth-order valence-corrected chi connectivity index (χ4v) is 2.93. The molecule has 1 aliphatic heterocycles. The van der Waals surface area contributed by atoms with E-state index in [0.29, 0.717) is 24.5 Å². The van der Waals surface area contributed by atoms with Gasteiger partial charge < -0.3 is 14.4 Å². The Labute approximate surface area is 152 Å². The van der Waals surface area contributed by atoms with Gasteiger partial charge in [0, 0.05) is 17.7 Å². The highest BCUT2D eigenvalue weighted by atomic mass is 16.6.